The molecule has 1 amide bonds. The van der Waals surface area contributed by atoms with Gasteiger partial charge in [0, 0.05) is 18.7 Å². The van der Waals surface area contributed by atoms with Gasteiger partial charge in [0.2, 0.25) is 0 Å². The molecule has 26 heavy (non-hydrogen) atoms. The molecule has 0 aromatic heterocycles. The number of nitrogens with zero attached hydrogens (tertiary/aromatic N) is 1. The number of hydrogen-bond donors (Lipinski definition) is 0. The van der Waals surface area contributed by atoms with Crippen LogP contribution in [0.4, 0.5) is 4.39 Å². The van der Waals surface area contributed by atoms with Crippen LogP contribution in [-0.2, 0) is 13.0 Å². The minimum absolute atomic E-state index is 0.0284. The first-order valence-corrected chi connectivity index (χ1v) is 8.99. The van der Waals surface area contributed by atoms with Crippen LogP contribution in [0.3, 0.4) is 0 Å². The molecule has 1 aliphatic rings. The van der Waals surface area contributed by atoms with Crippen LogP contribution in [0.5, 0.6) is 5.75 Å². The van der Waals surface area contributed by atoms with Gasteiger partial charge in [0.05, 0.1) is 6.33 Å². The van der Waals surface area contributed by atoms with E-state index in [1.54, 1.807) is 24.3 Å². The van der Waals surface area contributed by atoms with Crippen molar-refractivity contribution in [3.63, 3.8) is 0 Å². The van der Waals surface area contributed by atoms with Gasteiger partial charge < -0.3 is 9.64 Å². The zero-order valence-electron chi connectivity index (χ0n) is 15.3. The standard InChI is InChI=1S/C22H24FNO2/c1-3-17(13-23)15-26-21-8-6-18(7-9-21)22(25)24-11-10-19-12-16(2)4-5-20(19)14-24/h4-9,12-13H,3,10-11,14-15H2,1-2H3. The summed E-state index contributed by atoms with van der Waals surface area (Å²) in [4.78, 5) is 14.7. The average molecular weight is 353 g/mol. The Balaban J connectivity index is 1.64. The molecule has 0 atom stereocenters. The van der Waals surface area contributed by atoms with Crippen LogP contribution in [0.15, 0.2) is 54.4 Å². The first-order chi connectivity index (χ1) is 12.6. The first-order valence-electron chi connectivity index (χ1n) is 8.99. The molecule has 0 saturated heterocycles. The lowest BCUT2D eigenvalue weighted by molar-refractivity contribution is 0.0734. The van der Waals surface area contributed by atoms with Gasteiger partial charge in [0.1, 0.15) is 12.4 Å². The lowest BCUT2D eigenvalue weighted by Gasteiger charge is -2.29. The molecule has 136 valence electrons. The van der Waals surface area contributed by atoms with Crippen LogP contribution in [0, 0.1) is 6.92 Å². The van der Waals surface area contributed by atoms with Crippen molar-refractivity contribution in [2.24, 2.45) is 0 Å². The number of benzene rings is 2. The topological polar surface area (TPSA) is 29.5 Å². The van der Waals surface area contributed by atoms with E-state index < -0.39 is 0 Å². The molecule has 0 radical (unpaired) electrons. The molecule has 2 aromatic rings. The highest BCUT2D eigenvalue weighted by molar-refractivity contribution is 5.94. The Morgan fingerprint density at radius 1 is 1.19 bits per heavy atom. The van der Waals surface area contributed by atoms with Gasteiger partial charge in [0.25, 0.3) is 5.91 Å². The Morgan fingerprint density at radius 3 is 2.65 bits per heavy atom. The molecule has 0 bridgehead atoms. The second-order valence-electron chi connectivity index (χ2n) is 6.68. The summed E-state index contributed by atoms with van der Waals surface area (Å²) in [6.07, 6.45) is 2.09. The maximum Gasteiger partial charge on any atom is 0.254 e. The molecule has 0 aliphatic carbocycles. The molecular weight excluding hydrogens is 329 g/mol. The van der Waals surface area contributed by atoms with Crippen molar-refractivity contribution in [1.29, 1.82) is 0 Å². The summed E-state index contributed by atoms with van der Waals surface area (Å²) in [5, 5.41) is 0. The SMILES string of the molecule is CCC(=CF)COc1ccc(C(=O)N2CCc3cc(C)ccc3C2)cc1. The molecule has 0 unspecified atom stereocenters. The summed E-state index contributed by atoms with van der Waals surface area (Å²) in [5.74, 6) is 0.662. The summed E-state index contributed by atoms with van der Waals surface area (Å²) < 4.78 is 18.1. The molecule has 0 fully saturated rings. The van der Waals surface area contributed by atoms with Crippen molar-refractivity contribution < 1.29 is 13.9 Å². The molecule has 3 rings (SSSR count). The Hall–Kier alpha value is -2.62. The van der Waals surface area contributed by atoms with Gasteiger partial charge in [-0.15, -0.1) is 0 Å². The fourth-order valence-corrected chi connectivity index (χ4v) is 3.12. The normalized spacial score (nSPS) is 14.1. The van der Waals surface area contributed by atoms with Crippen molar-refractivity contribution in [3.8, 4) is 5.75 Å². The summed E-state index contributed by atoms with van der Waals surface area (Å²) in [5.41, 5.74) is 5.07. The van der Waals surface area contributed by atoms with E-state index in [1.165, 1.54) is 16.7 Å². The molecule has 2 aromatic carbocycles. The van der Waals surface area contributed by atoms with E-state index in [0.717, 1.165) is 13.0 Å². The maximum absolute atomic E-state index is 12.8. The first kappa shape index (κ1) is 18.2. The molecular formula is C22H24FNO2. The Labute approximate surface area is 154 Å². The van der Waals surface area contributed by atoms with Gasteiger partial charge in [-0.25, -0.2) is 4.39 Å². The molecule has 1 aliphatic heterocycles. The van der Waals surface area contributed by atoms with E-state index in [-0.39, 0.29) is 12.5 Å². The Bertz CT molecular complexity index is 811. The molecule has 3 nitrogen and oxygen atoms in total. The van der Waals surface area contributed by atoms with E-state index >= 15 is 0 Å². The van der Waals surface area contributed by atoms with Crippen molar-refractivity contribution in [2.75, 3.05) is 13.2 Å². The zero-order valence-corrected chi connectivity index (χ0v) is 15.3. The predicted octanol–water partition coefficient (Wildman–Crippen LogP) is 4.84. The molecule has 0 N–H and O–H groups in total. The van der Waals surface area contributed by atoms with Crippen molar-refractivity contribution >= 4 is 5.91 Å². The third kappa shape index (κ3) is 4.13. The lowest BCUT2D eigenvalue weighted by atomic mass is 9.97. The van der Waals surface area contributed by atoms with E-state index in [1.807, 2.05) is 11.8 Å². The predicted molar refractivity (Wildman–Crippen MR) is 101 cm³/mol. The summed E-state index contributed by atoms with van der Waals surface area (Å²) >= 11 is 0. The van der Waals surface area contributed by atoms with E-state index in [0.29, 0.717) is 36.2 Å². The number of aryl methyl sites for hydroxylation is 1. The Kier molecular flexibility index (Phi) is 5.71. The van der Waals surface area contributed by atoms with Crippen LogP contribution in [-0.4, -0.2) is 24.0 Å². The average Bonchev–Trinajstić information content (AvgIpc) is 2.68. The number of carbonyl (C=O) groups is 1. The number of rotatable bonds is 5. The van der Waals surface area contributed by atoms with Crippen LogP contribution in [0.2, 0.25) is 0 Å². The van der Waals surface area contributed by atoms with Gasteiger partial charge in [-0.2, -0.15) is 0 Å². The van der Waals surface area contributed by atoms with Crippen molar-refractivity contribution in [1.82, 2.24) is 4.90 Å². The quantitative estimate of drug-likeness (QED) is 0.770. The van der Waals surface area contributed by atoms with Crippen LogP contribution in [0.1, 0.15) is 40.4 Å². The van der Waals surface area contributed by atoms with E-state index in [4.69, 9.17) is 4.74 Å². The summed E-state index contributed by atoms with van der Waals surface area (Å²) in [7, 11) is 0. The summed E-state index contributed by atoms with van der Waals surface area (Å²) in [6.45, 7) is 5.58. The van der Waals surface area contributed by atoms with Crippen LogP contribution in [0.25, 0.3) is 0 Å². The number of carbonyl (C=O) groups excluding carboxylic acids is 1. The zero-order chi connectivity index (χ0) is 18.5. The van der Waals surface area contributed by atoms with Crippen molar-refractivity contribution in [2.45, 2.75) is 33.2 Å². The lowest BCUT2D eigenvalue weighted by Crippen LogP contribution is -2.35. The highest BCUT2D eigenvalue weighted by atomic mass is 19.1. The number of halogens is 1. The third-order valence-corrected chi connectivity index (χ3v) is 4.80. The minimum Gasteiger partial charge on any atom is -0.489 e. The van der Waals surface area contributed by atoms with Gasteiger partial charge in [-0.1, -0.05) is 30.7 Å². The number of hydrogen-bond acceptors (Lipinski definition) is 2. The van der Waals surface area contributed by atoms with Crippen molar-refractivity contribution in [3.05, 3.63) is 76.6 Å². The highest BCUT2D eigenvalue weighted by Gasteiger charge is 2.21. The van der Waals surface area contributed by atoms with E-state index in [9.17, 15) is 9.18 Å². The minimum atomic E-state index is 0.0284. The second kappa shape index (κ2) is 8.17. The molecule has 4 heteroatoms. The Morgan fingerprint density at radius 2 is 1.96 bits per heavy atom. The number of amides is 1. The second-order valence-corrected chi connectivity index (χ2v) is 6.68. The van der Waals surface area contributed by atoms with Gasteiger partial charge >= 0.3 is 0 Å². The molecule has 1 heterocycles. The van der Waals surface area contributed by atoms with Crippen LogP contribution < -0.4 is 4.74 Å². The van der Waals surface area contributed by atoms with Crippen LogP contribution >= 0.6 is 0 Å². The fraction of sp³-hybridized carbons (Fsp3) is 0.318. The highest BCUT2D eigenvalue weighted by Crippen LogP contribution is 2.22. The number of ether oxygens (including phenoxy) is 1. The largest absolute Gasteiger partial charge is 0.489 e. The smallest absolute Gasteiger partial charge is 0.254 e. The van der Waals surface area contributed by atoms with Gasteiger partial charge in [-0.3, -0.25) is 4.79 Å². The van der Waals surface area contributed by atoms with Gasteiger partial charge in [0.15, 0.2) is 0 Å². The maximum atomic E-state index is 12.8. The molecule has 0 saturated carbocycles. The third-order valence-electron chi connectivity index (χ3n) is 4.80. The fourth-order valence-electron chi connectivity index (χ4n) is 3.12. The summed E-state index contributed by atoms with van der Waals surface area (Å²) in [6, 6.07) is 13.5. The van der Waals surface area contributed by atoms with E-state index in [2.05, 4.69) is 25.1 Å². The molecule has 0 spiro atoms. The van der Waals surface area contributed by atoms with Gasteiger partial charge in [-0.05, 0) is 60.7 Å². The monoisotopic (exact) mass is 353 g/mol. The number of fused-ring (bicyclic) bond motifs is 1.